The Hall–Kier alpha value is -4.18. The van der Waals surface area contributed by atoms with E-state index in [0.29, 0.717) is 12.8 Å². The van der Waals surface area contributed by atoms with E-state index in [1.807, 2.05) is 48.5 Å². The van der Waals surface area contributed by atoms with Crippen molar-refractivity contribution >= 4 is 17.2 Å². The molecule has 1 amide bonds. The average molecular weight is 446 g/mol. The van der Waals surface area contributed by atoms with Crippen LogP contribution in [0.3, 0.4) is 0 Å². The molecule has 0 fully saturated rings. The van der Waals surface area contributed by atoms with Crippen molar-refractivity contribution in [2.75, 3.05) is 5.32 Å². The number of rotatable bonds is 6. The number of anilines is 1. The Kier molecular flexibility index (Phi) is 5.96. The minimum absolute atomic E-state index is 0.00848. The summed E-state index contributed by atoms with van der Waals surface area (Å²) >= 11 is 0. The van der Waals surface area contributed by atoms with Gasteiger partial charge in [0.05, 0.1) is 11.4 Å². The molecule has 0 aliphatic heterocycles. The van der Waals surface area contributed by atoms with Gasteiger partial charge in [-0.05, 0) is 61.2 Å². The standard InChI is InChI=1S/C30H27N3O/c1-21-13-14-22(2)26(19-21)24-15-17-28-32-30(23-9-5-3-6-10-23)27(33(28)20-24)16-18-29(34)31-25-11-7-4-8-12-25/h3-15,17,19-20H,16,18H2,1-2H3,(H,31,34). The van der Waals surface area contributed by atoms with Gasteiger partial charge in [0.25, 0.3) is 0 Å². The highest BCUT2D eigenvalue weighted by Gasteiger charge is 2.16. The first-order valence-electron chi connectivity index (χ1n) is 11.6. The van der Waals surface area contributed by atoms with Crippen LogP contribution in [0.25, 0.3) is 28.0 Å². The van der Waals surface area contributed by atoms with E-state index >= 15 is 0 Å². The Morgan fingerprint density at radius 1 is 0.853 bits per heavy atom. The molecule has 2 heterocycles. The summed E-state index contributed by atoms with van der Waals surface area (Å²) in [6.07, 6.45) is 3.11. The molecule has 0 saturated carbocycles. The van der Waals surface area contributed by atoms with Gasteiger partial charge in [-0.15, -0.1) is 0 Å². The Morgan fingerprint density at radius 3 is 2.35 bits per heavy atom. The predicted molar refractivity (Wildman–Crippen MR) is 139 cm³/mol. The fourth-order valence-corrected chi connectivity index (χ4v) is 4.34. The van der Waals surface area contributed by atoms with Gasteiger partial charge in [-0.3, -0.25) is 4.79 Å². The lowest BCUT2D eigenvalue weighted by molar-refractivity contribution is -0.116. The van der Waals surface area contributed by atoms with E-state index in [0.717, 1.165) is 33.8 Å². The molecule has 168 valence electrons. The van der Waals surface area contributed by atoms with Crippen LogP contribution in [0.2, 0.25) is 0 Å². The zero-order valence-corrected chi connectivity index (χ0v) is 19.5. The van der Waals surface area contributed by atoms with Gasteiger partial charge in [-0.25, -0.2) is 4.98 Å². The van der Waals surface area contributed by atoms with Gasteiger partial charge >= 0.3 is 0 Å². The van der Waals surface area contributed by atoms with Gasteiger partial charge in [-0.2, -0.15) is 0 Å². The molecular formula is C30H27N3O. The molecule has 3 aromatic carbocycles. The van der Waals surface area contributed by atoms with Gasteiger partial charge in [0.1, 0.15) is 5.65 Å². The quantitative estimate of drug-likeness (QED) is 0.310. The molecule has 4 heteroatoms. The van der Waals surface area contributed by atoms with Gasteiger partial charge in [0, 0.05) is 23.9 Å². The molecule has 0 aliphatic rings. The van der Waals surface area contributed by atoms with Crippen LogP contribution in [0.15, 0.2) is 97.2 Å². The van der Waals surface area contributed by atoms with Crippen LogP contribution in [0.5, 0.6) is 0 Å². The van der Waals surface area contributed by atoms with Gasteiger partial charge in [0.2, 0.25) is 5.91 Å². The van der Waals surface area contributed by atoms with Crippen LogP contribution in [0, 0.1) is 13.8 Å². The van der Waals surface area contributed by atoms with E-state index in [1.54, 1.807) is 0 Å². The first-order valence-corrected chi connectivity index (χ1v) is 11.6. The Labute approximate surface area is 199 Å². The van der Waals surface area contributed by atoms with E-state index in [-0.39, 0.29) is 5.91 Å². The van der Waals surface area contributed by atoms with Crippen molar-refractivity contribution in [1.29, 1.82) is 0 Å². The number of hydrogen-bond donors (Lipinski definition) is 1. The third kappa shape index (κ3) is 4.48. The molecule has 0 aliphatic carbocycles. The number of hydrogen-bond acceptors (Lipinski definition) is 2. The number of carbonyl (C=O) groups is 1. The maximum atomic E-state index is 12.7. The highest BCUT2D eigenvalue weighted by Crippen LogP contribution is 2.30. The Balaban J connectivity index is 1.54. The molecule has 0 saturated heterocycles. The second-order valence-electron chi connectivity index (χ2n) is 8.65. The smallest absolute Gasteiger partial charge is 0.224 e. The number of pyridine rings is 1. The summed E-state index contributed by atoms with van der Waals surface area (Å²) in [6, 6.07) is 30.5. The number of amides is 1. The third-order valence-corrected chi connectivity index (χ3v) is 6.12. The SMILES string of the molecule is Cc1ccc(C)c(-c2ccc3nc(-c4ccccc4)c(CCC(=O)Nc4ccccc4)n3c2)c1. The van der Waals surface area contributed by atoms with Crippen LogP contribution in [-0.2, 0) is 11.2 Å². The van der Waals surface area contributed by atoms with E-state index < -0.39 is 0 Å². The predicted octanol–water partition coefficient (Wildman–Crippen LogP) is 6.86. The number of aryl methyl sites for hydroxylation is 3. The van der Waals surface area contributed by atoms with E-state index in [2.05, 4.69) is 72.2 Å². The minimum Gasteiger partial charge on any atom is -0.326 e. The van der Waals surface area contributed by atoms with E-state index in [4.69, 9.17) is 4.98 Å². The zero-order valence-electron chi connectivity index (χ0n) is 19.5. The Morgan fingerprint density at radius 2 is 1.59 bits per heavy atom. The lowest BCUT2D eigenvalue weighted by atomic mass is 10.00. The number of carbonyl (C=O) groups excluding carboxylic acids is 1. The van der Waals surface area contributed by atoms with Crippen molar-refractivity contribution in [3.8, 4) is 22.4 Å². The highest BCUT2D eigenvalue weighted by molar-refractivity contribution is 5.91. The molecule has 0 atom stereocenters. The van der Waals surface area contributed by atoms with Crippen LogP contribution >= 0.6 is 0 Å². The summed E-state index contributed by atoms with van der Waals surface area (Å²) in [5, 5.41) is 2.99. The molecule has 2 aromatic heterocycles. The van der Waals surface area contributed by atoms with Gasteiger partial charge in [0.15, 0.2) is 0 Å². The molecular weight excluding hydrogens is 418 g/mol. The summed E-state index contributed by atoms with van der Waals surface area (Å²) in [5.74, 6) is -0.00848. The fraction of sp³-hybridized carbons (Fsp3) is 0.133. The molecule has 0 spiro atoms. The van der Waals surface area contributed by atoms with Crippen LogP contribution in [0.1, 0.15) is 23.2 Å². The average Bonchev–Trinajstić information content (AvgIpc) is 3.23. The first-order chi connectivity index (χ1) is 16.6. The number of para-hydroxylation sites is 1. The highest BCUT2D eigenvalue weighted by atomic mass is 16.1. The lowest BCUT2D eigenvalue weighted by Gasteiger charge is -2.10. The van der Waals surface area contributed by atoms with Gasteiger partial charge < -0.3 is 9.72 Å². The molecule has 1 N–H and O–H groups in total. The molecule has 0 unspecified atom stereocenters. The van der Waals surface area contributed by atoms with E-state index in [1.165, 1.54) is 16.7 Å². The number of nitrogens with one attached hydrogen (secondary N) is 1. The first kappa shape index (κ1) is 21.7. The number of aromatic nitrogens is 2. The second kappa shape index (κ2) is 9.36. The lowest BCUT2D eigenvalue weighted by Crippen LogP contribution is -2.13. The van der Waals surface area contributed by atoms with Crippen molar-refractivity contribution in [1.82, 2.24) is 9.38 Å². The van der Waals surface area contributed by atoms with E-state index in [9.17, 15) is 4.79 Å². The van der Waals surface area contributed by atoms with Crippen molar-refractivity contribution in [2.24, 2.45) is 0 Å². The van der Waals surface area contributed by atoms with Crippen LogP contribution in [0.4, 0.5) is 5.69 Å². The summed E-state index contributed by atoms with van der Waals surface area (Å²) in [5.41, 5.74) is 9.52. The fourth-order valence-electron chi connectivity index (χ4n) is 4.34. The maximum absolute atomic E-state index is 12.7. The van der Waals surface area contributed by atoms with Gasteiger partial charge in [-0.1, -0.05) is 72.3 Å². The molecule has 0 radical (unpaired) electrons. The van der Waals surface area contributed by atoms with Crippen LogP contribution < -0.4 is 5.32 Å². The summed E-state index contributed by atoms with van der Waals surface area (Å²) in [7, 11) is 0. The number of nitrogens with zero attached hydrogens (tertiary/aromatic N) is 2. The van der Waals surface area contributed by atoms with Crippen LogP contribution in [-0.4, -0.2) is 15.3 Å². The Bertz CT molecular complexity index is 1450. The summed E-state index contributed by atoms with van der Waals surface area (Å²) in [4.78, 5) is 17.7. The monoisotopic (exact) mass is 445 g/mol. The topological polar surface area (TPSA) is 46.4 Å². The number of benzene rings is 3. The molecule has 34 heavy (non-hydrogen) atoms. The number of imidazole rings is 1. The molecule has 0 bridgehead atoms. The zero-order chi connectivity index (χ0) is 23.5. The largest absolute Gasteiger partial charge is 0.326 e. The maximum Gasteiger partial charge on any atom is 0.224 e. The second-order valence-corrected chi connectivity index (χ2v) is 8.65. The van der Waals surface area contributed by atoms with Crippen molar-refractivity contribution in [3.63, 3.8) is 0 Å². The molecule has 5 aromatic rings. The molecule has 5 rings (SSSR count). The summed E-state index contributed by atoms with van der Waals surface area (Å²) < 4.78 is 2.15. The normalized spacial score (nSPS) is 11.0. The minimum atomic E-state index is -0.00848. The third-order valence-electron chi connectivity index (χ3n) is 6.12. The van der Waals surface area contributed by atoms with Crippen molar-refractivity contribution in [2.45, 2.75) is 26.7 Å². The molecule has 4 nitrogen and oxygen atoms in total. The van der Waals surface area contributed by atoms with Crippen molar-refractivity contribution in [3.05, 3.63) is 114 Å². The summed E-state index contributed by atoms with van der Waals surface area (Å²) in [6.45, 7) is 4.25. The van der Waals surface area contributed by atoms with Crippen molar-refractivity contribution < 1.29 is 4.79 Å². The number of fused-ring (bicyclic) bond motifs is 1.